The molecule has 1 amide bonds. The van der Waals surface area contributed by atoms with Gasteiger partial charge in [-0.05, 0) is 43.2 Å². The predicted molar refractivity (Wildman–Crippen MR) is 96.1 cm³/mol. The van der Waals surface area contributed by atoms with Gasteiger partial charge < -0.3 is 15.3 Å². The number of aliphatic hydroxyl groups excluding tert-OH is 1. The molecule has 1 fully saturated rings. The second-order valence-corrected chi connectivity index (χ2v) is 7.67. The summed E-state index contributed by atoms with van der Waals surface area (Å²) in [6, 6.07) is 7.62. The van der Waals surface area contributed by atoms with Crippen molar-refractivity contribution in [1.82, 2.24) is 10.2 Å². The van der Waals surface area contributed by atoms with Crippen molar-refractivity contribution in [2.24, 2.45) is 5.92 Å². The Bertz CT molecular complexity index is 636. The molecule has 1 saturated carbocycles. The number of nitrogens with one attached hydrogen (secondary N) is 1. The van der Waals surface area contributed by atoms with Crippen molar-refractivity contribution in [1.29, 1.82) is 0 Å². The van der Waals surface area contributed by atoms with Crippen LogP contribution in [0.25, 0.3) is 0 Å². The van der Waals surface area contributed by atoms with Gasteiger partial charge in [-0.2, -0.15) is 0 Å². The monoisotopic (exact) mass is 366 g/mol. The van der Waals surface area contributed by atoms with Crippen LogP contribution in [-0.4, -0.2) is 47.6 Å². The summed E-state index contributed by atoms with van der Waals surface area (Å²) < 4.78 is 28.1. The Hall–Kier alpha value is -1.53. The molecule has 26 heavy (non-hydrogen) atoms. The summed E-state index contributed by atoms with van der Waals surface area (Å²) in [5.74, 6) is -2.95. The molecule has 2 unspecified atom stereocenters. The minimum atomic E-state index is -2.64. The minimum absolute atomic E-state index is 0.0538. The van der Waals surface area contributed by atoms with Crippen LogP contribution < -0.4 is 5.32 Å². The van der Waals surface area contributed by atoms with Crippen LogP contribution in [0.15, 0.2) is 24.3 Å². The number of benzene rings is 1. The van der Waals surface area contributed by atoms with Crippen LogP contribution in [0.3, 0.4) is 0 Å². The van der Waals surface area contributed by atoms with E-state index in [1.807, 2.05) is 24.3 Å². The van der Waals surface area contributed by atoms with Gasteiger partial charge in [-0.3, -0.25) is 4.79 Å². The molecule has 0 spiro atoms. The first-order valence-corrected chi connectivity index (χ1v) is 9.51. The van der Waals surface area contributed by atoms with E-state index < -0.39 is 12.0 Å². The summed E-state index contributed by atoms with van der Waals surface area (Å²) in [6.07, 6.45) is 1.23. The second-order valence-electron chi connectivity index (χ2n) is 7.67. The molecule has 0 radical (unpaired) electrons. The van der Waals surface area contributed by atoms with Crippen molar-refractivity contribution in [3.05, 3.63) is 35.4 Å². The molecular formula is C20H28F2N2O2. The van der Waals surface area contributed by atoms with E-state index in [-0.39, 0.29) is 37.3 Å². The molecule has 2 aliphatic rings. The first kappa shape index (κ1) is 19.2. The molecule has 0 saturated heterocycles. The number of hydrogen-bond donors (Lipinski definition) is 2. The predicted octanol–water partition coefficient (Wildman–Crippen LogP) is 2.91. The highest BCUT2D eigenvalue weighted by molar-refractivity contribution is 5.79. The lowest BCUT2D eigenvalue weighted by Crippen LogP contribution is -2.48. The second kappa shape index (κ2) is 8.01. The molecule has 2 N–H and O–H groups in total. The number of hydrogen-bond acceptors (Lipinski definition) is 3. The van der Waals surface area contributed by atoms with Gasteiger partial charge in [0.15, 0.2) is 0 Å². The molecule has 1 aromatic carbocycles. The third-order valence-corrected chi connectivity index (χ3v) is 5.49. The number of amides is 1. The zero-order valence-electron chi connectivity index (χ0n) is 15.3. The summed E-state index contributed by atoms with van der Waals surface area (Å²) in [7, 11) is 0. The number of nitrogens with zero attached hydrogens (tertiary/aromatic N) is 1. The lowest BCUT2D eigenvalue weighted by Gasteiger charge is -2.44. The third kappa shape index (κ3) is 4.41. The molecule has 4 nitrogen and oxygen atoms in total. The summed E-state index contributed by atoms with van der Waals surface area (Å²) in [5.41, 5.74) is 2.18. The zero-order chi connectivity index (χ0) is 18.7. The first-order chi connectivity index (χ1) is 12.4. The molecular weight excluding hydrogens is 338 g/mol. The number of carbonyl (C=O) groups excluding carboxylic acids is 1. The van der Waals surface area contributed by atoms with E-state index in [0.717, 1.165) is 24.0 Å². The fourth-order valence-electron chi connectivity index (χ4n) is 4.36. The van der Waals surface area contributed by atoms with Crippen molar-refractivity contribution < 1.29 is 18.7 Å². The van der Waals surface area contributed by atoms with Gasteiger partial charge in [-0.15, -0.1) is 0 Å². The largest absolute Gasteiger partial charge is 0.392 e. The quantitative estimate of drug-likeness (QED) is 0.843. The smallest absolute Gasteiger partial charge is 0.248 e. The average molecular weight is 366 g/mol. The van der Waals surface area contributed by atoms with Gasteiger partial charge in [0.25, 0.3) is 0 Å². The number of halogens is 2. The topological polar surface area (TPSA) is 52.6 Å². The van der Waals surface area contributed by atoms with Crippen molar-refractivity contribution in [2.75, 3.05) is 19.6 Å². The Morgan fingerprint density at radius 3 is 2.92 bits per heavy atom. The number of carbonyl (C=O) groups is 1. The van der Waals surface area contributed by atoms with E-state index in [2.05, 4.69) is 5.32 Å². The average Bonchev–Trinajstić information content (AvgIpc) is 2.59. The highest BCUT2D eigenvalue weighted by Crippen LogP contribution is 2.46. The highest BCUT2D eigenvalue weighted by atomic mass is 19.3. The maximum Gasteiger partial charge on any atom is 0.248 e. The molecule has 1 aromatic rings. The lowest BCUT2D eigenvalue weighted by molar-refractivity contribution is -0.137. The number of fused-ring (bicyclic) bond motifs is 1. The Morgan fingerprint density at radius 1 is 1.42 bits per heavy atom. The number of aliphatic hydroxyl groups is 1. The van der Waals surface area contributed by atoms with Gasteiger partial charge in [0, 0.05) is 25.9 Å². The van der Waals surface area contributed by atoms with Crippen molar-refractivity contribution in [3.8, 4) is 0 Å². The van der Waals surface area contributed by atoms with Gasteiger partial charge in [0.1, 0.15) is 0 Å². The number of alkyl halides is 2. The van der Waals surface area contributed by atoms with E-state index in [1.165, 1.54) is 0 Å². The van der Waals surface area contributed by atoms with E-state index in [4.69, 9.17) is 0 Å². The molecule has 1 aliphatic carbocycles. The summed E-state index contributed by atoms with van der Waals surface area (Å²) in [5, 5.41) is 12.3. The third-order valence-electron chi connectivity index (χ3n) is 5.49. The standard InChI is InChI=1S/C20H28F2N2O2/c1-14(25)12-23-13-18(26)24-10-8-15-5-2-3-7-17(15)19(24)16-6-4-9-20(21,22)11-16/h2-3,5,7,14,16,19,23,25H,4,6,8-13H2,1H3/t14-,16?,19?/m1/s1. The van der Waals surface area contributed by atoms with Gasteiger partial charge in [0.2, 0.25) is 11.8 Å². The normalized spacial score (nSPS) is 26.2. The fraction of sp³-hybridized carbons (Fsp3) is 0.650. The summed E-state index contributed by atoms with van der Waals surface area (Å²) >= 11 is 0. The Balaban J connectivity index is 1.82. The van der Waals surface area contributed by atoms with Crippen LogP contribution in [0.1, 0.15) is 49.8 Å². The Morgan fingerprint density at radius 2 is 2.19 bits per heavy atom. The number of rotatable bonds is 5. The fourth-order valence-corrected chi connectivity index (χ4v) is 4.36. The minimum Gasteiger partial charge on any atom is -0.392 e. The van der Waals surface area contributed by atoms with E-state index >= 15 is 0 Å². The molecule has 3 atom stereocenters. The van der Waals surface area contributed by atoms with Crippen LogP contribution >= 0.6 is 0 Å². The van der Waals surface area contributed by atoms with Gasteiger partial charge in [-0.1, -0.05) is 24.3 Å². The zero-order valence-corrected chi connectivity index (χ0v) is 15.3. The lowest BCUT2D eigenvalue weighted by atomic mass is 9.76. The van der Waals surface area contributed by atoms with E-state index in [1.54, 1.807) is 11.8 Å². The van der Waals surface area contributed by atoms with Gasteiger partial charge >= 0.3 is 0 Å². The van der Waals surface area contributed by atoms with Gasteiger partial charge in [0.05, 0.1) is 18.7 Å². The van der Waals surface area contributed by atoms with Crippen LogP contribution in [0.2, 0.25) is 0 Å². The maximum absolute atomic E-state index is 14.1. The maximum atomic E-state index is 14.1. The van der Waals surface area contributed by atoms with Crippen LogP contribution in [0.5, 0.6) is 0 Å². The molecule has 0 aromatic heterocycles. The molecule has 144 valence electrons. The van der Waals surface area contributed by atoms with Crippen molar-refractivity contribution >= 4 is 5.91 Å². The van der Waals surface area contributed by atoms with Crippen molar-refractivity contribution in [2.45, 2.75) is 57.1 Å². The molecule has 1 heterocycles. The highest BCUT2D eigenvalue weighted by Gasteiger charge is 2.43. The molecule has 3 rings (SSSR count). The first-order valence-electron chi connectivity index (χ1n) is 9.51. The van der Waals surface area contributed by atoms with Crippen LogP contribution in [0, 0.1) is 5.92 Å². The molecule has 6 heteroatoms. The van der Waals surface area contributed by atoms with Crippen molar-refractivity contribution in [3.63, 3.8) is 0 Å². The van der Waals surface area contributed by atoms with E-state index in [0.29, 0.717) is 19.5 Å². The Kier molecular flexibility index (Phi) is 5.92. The summed E-state index contributed by atoms with van der Waals surface area (Å²) in [6.45, 7) is 2.66. The van der Waals surface area contributed by atoms with E-state index in [9.17, 15) is 18.7 Å². The van der Waals surface area contributed by atoms with Crippen LogP contribution in [-0.2, 0) is 11.2 Å². The summed E-state index contributed by atoms with van der Waals surface area (Å²) in [4.78, 5) is 14.6. The van der Waals surface area contributed by atoms with Gasteiger partial charge in [-0.25, -0.2) is 8.78 Å². The van der Waals surface area contributed by atoms with Crippen LogP contribution in [0.4, 0.5) is 8.78 Å². The molecule has 1 aliphatic heterocycles. The SMILES string of the molecule is C[C@@H](O)CNCC(=O)N1CCc2ccccc2C1C1CCCC(F)(F)C1. The molecule has 0 bridgehead atoms. The Labute approximate surface area is 153 Å².